The highest BCUT2D eigenvalue weighted by Gasteiger charge is 2.32. The molecule has 8 amide bonds. The van der Waals surface area contributed by atoms with Crippen LogP contribution in [0, 0.1) is 0 Å². The van der Waals surface area contributed by atoms with Gasteiger partial charge < -0.3 is 85.9 Å². The number of rotatable bonds is 34. The summed E-state index contributed by atoms with van der Waals surface area (Å²) in [6.07, 6.45) is -2.57. The van der Waals surface area contributed by atoms with Crippen LogP contribution in [0.25, 0.3) is 0 Å². The van der Waals surface area contributed by atoms with Crippen molar-refractivity contribution in [2.24, 2.45) is 32.9 Å². The summed E-state index contributed by atoms with van der Waals surface area (Å²) in [5.74, 6) is -15.0. The van der Waals surface area contributed by atoms with Crippen molar-refractivity contribution in [3.63, 3.8) is 0 Å². The van der Waals surface area contributed by atoms with Crippen LogP contribution in [-0.4, -0.2) is 166 Å². The summed E-state index contributed by atoms with van der Waals surface area (Å²) in [5, 5.41) is 56.7. The zero-order valence-electron chi connectivity index (χ0n) is 42.9. The Labute approximate surface area is 456 Å². The number of nitrogens with one attached hydrogen (secondary N) is 8. The van der Waals surface area contributed by atoms with E-state index in [4.69, 9.17) is 22.9 Å². The first kappa shape index (κ1) is 64.1. The Morgan fingerprint density at radius 2 is 0.750 bits per heavy atom. The zero-order chi connectivity index (χ0) is 59.3. The maximum atomic E-state index is 14.0. The fourth-order valence-corrected chi connectivity index (χ4v) is 7.38. The SMILES string of the molecule is NC(N)=NCCC[C@H](NC(=O)c1ccccc1C(=O)N[C@H](CCCN=C(N)N)C(=O)NCC(=O)N[C@H](CC(=O)O)C(=O)N[C@H](Cc1ccccc1)C(=O)O)C(=O)NCC(=O)N[C@@H](CC(=O)O)C(=O)N[C@@H](Cc1ccccc1)C(=O)O. The third-order valence-corrected chi connectivity index (χ3v) is 11.3. The molecule has 6 atom stereocenters. The molecule has 0 unspecified atom stereocenters. The second-order valence-corrected chi connectivity index (χ2v) is 17.5. The van der Waals surface area contributed by atoms with Crippen LogP contribution in [0.2, 0.25) is 0 Å². The molecule has 0 aliphatic heterocycles. The van der Waals surface area contributed by atoms with E-state index in [0.29, 0.717) is 11.1 Å². The molecule has 0 aliphatic carbocycles. The standard InChI is InChI=1S/C50H64N14O16/c51-49(52)55-19-9-17-31(43(73)57-25-37(65)59-33(23-39(67)68)45(75)63-35(47(77)78)21-27-11-3-1-4-12-27)61-41(71)29-15-7-8-16-30(29)42(72)62-32(18-10-20-56-50(53)54)44(74)58-26-38(66)60-34(24-40(69)70)46(76)64-36(48(79)80)22-28-13-5-2-6-14-28/h1-8,11-16,31-36H,9-10,17-26H2,(H,57,73)(H,58,74)(H,59,65)(H,60,66)(H,61,71)(H,62,72)(H,63,75)(H,64,76)(H,67,68)(H,69,70)(H,77,78)(H,79,80)(H4,51,52,55)(H4,53,54,56)/t31-,32+,33-,34+,35-,36+. The van der Waals surface area contributed by atoms with Gasteiger partial charge in [-0.3, -0.25) is 57.9 Å². The molecule has 430 valence electrons. The van der Waals surface area contributed by atoms with Gasteiger partial charge in [0, 0.05) is 25.9 Å². The third-order valence-electron chi connectivity index (χ3n) is 11.3. The van der Waals surface area contributed by atoms with E-state index in [1.54, 1.807) is 60.7 Å². The summed E-state index contributed by atoms with van der Waals surface area (Å²) >= 11 is 0. The van der Waals surface area contributed by atoms with Crippen molar-refractivity contribution < 1.29 is 78.0 Å². The van der Waals surface area contributed by atoms with Crippen LogP contribution in [0.15, 0.2) is 94.9 Å². The van der Waals surface area contributed by atoms with E-state index >= 15 is 0 Å². The Morgan fingerprint density at radius 3 is 1.06 bits per heavy atom. The van der Waals surface area contributed by atoms with Crippen molar-refractivity contribution in [2.75, 3.05) is 26.2 Å². The van der Waals surface area contributed by atoms with Crippen LogP contribution in [0.3, 0.4) is 0 Å². The topological polar surface area (TPSA) is 511 Å². The second kappa shape index (κ2) is 33.1. The Kier molecular flexibility index (Phi) is 26.5. The molecule has 0 aliphatic rings. The van der Waals surface area contributed by atoms with E-state index in [2.05, 4.69) is 52.5 Å². The molecule has 0 spiro atoms. The van der Waals surface area contributed by atoms with Gasteiger partial charge in [0.25, 0.3) is 11.8 Å². The Hall–Kier alpha value is -10.2. The van der Waals surface area contributed by atoms with Crippen molar-refractivity contribution in [3.8, 4) is 0 Å². The van der Waals surface area contributed by atoms with Gasteiger partial charge in [-0.15, -0.1) is 0 Å². The van der Waals surface area contributed by atoms with E-state index in [-0.39, 0.29) is 74.7 Å². The maximum Gasteiger partial charge on any atom is 0.326 e. The Morgan fingerprint density at radius 1 is 0.412 bits per heavy atom. The summed E-state index contributed by atoms with van der Waals surface area (Å²) in [6.45, 7) is -1.85. The van der Waals surface area contributed by atoms with Gasteiger partial charge in [0.15, 0.2) is 11.9 Å². The summed E-state index contributed by atoms with van der Waals surface area (Å²) < 4.78 is 0. The average Bonchev–Trinajstić information content (AvgIpc) is 3.40. The van der Waals surface area contributed by atoms with Crippen molar-refractivity contribution in [1.29, 1.82) is 0 Å². The maximum absolute atomic E-state index is 14.0. The van der Waals surface area contributed by atoms with Crippen LogP contribution in [0.5, 0.6) is 0 Å². The minimum Gasteiger partial charge on any atom is -0.481 e. The van der Waals surface area contributed by atoms with Gasteiger partial charge in [-0.1, -0.05) is 72.8 Å². The number of carbonyl (C=O) groups excluding carboxylic acids is 8. The van der Waals surface area contributed by atoms with Crippen molar-refractivity contribution >= 4 is 83.1 Å². The Balaban J connectivity index is 1.77. The molecule has 0 radical (unpaired) electrons. The lowest BCUT2D eigenvalue weighted by atomic mass is 10.0. The molecule has 20 N–H and O–H groups in total. The molecule has 0 saturated heterocycles. The lowest BCUT2D eigenvalue weighted by Crippen LogP contribution is -2.55. The lowest BCUT2D eigenvalue weighted by molar-refractivity contribution is -0.144. The molecular formula is C50H64N14O16. The molecule has 3 aromatic rings. The molecule has 80 heavy (non-hydrogen) atoms. The fourth-order valence-electron chi connectivity index (χ4n) is 7.38. The molecule has 0 saturated carbocycles. The normalized spacial score (nSPS) is 12.8. The van der Waals surface area contributed by atoms with Crippen LogP contribution in [0.1, 0.15) is 70.4 Å². The summed E-state index contributed by atoms with van der Waals surface area (Å²) in [7, 11) is 0. The highest BCUT2D eigenvalue weighted by molar-refractivity contribution is 6.09. The van der Waals surface area contributed by atoms with E-state index in [0.717, 1.165) is 0 Å². The first-order valence-electron chi connectivity index (χ1n) is 24.5. The van der Waals surface area contributed by atoms with E-state index in [1.807, 2.05) is 0 Å². The summed E-state index contributed by atoms with van der Waals surface area (Å²) in [6, 6.07) is 11.9. The number of carbonyl (C=O) groups is 12. The van der Waals surface area contributed by atoms with Crippen LogP contribution < -0.4 is 65.5 Å². The highest BCUT2D eigenvalue weighted by atomic mass is 16.4. The predicted octanol–water partition coefficient (Wildman–Crippen LogP) is -4.23. The Bertz CT molecular complexity index is 2570. The summed E-state index contributed by atoms with van der Waals surface area (Å²) in [5.41, 5.74) is 22.1. The fraction of sp³-hybridized carbons (Fsp3) is 0.360. The monoisotopic (exact) mass is 1120 g/mol. The second-order valence-electron chi connectivity index (χ2n) is 17.5. The number of hydrogen-bond acceptors (Lipinski definition) is 14. The van der Waals surface area contributed by atoms with E-state index in [1.165, 1.54) is 24.3 Å². The van der Waals surface area contributed by atoms with E-state index < -0.39 is 133 Å². The molecule has 30 nitrogen and oxygen atoms in total. The van der Waals surface area contributed by atoms with Gasteiger partial charge in [0.05, 0.1) is 37.1 Å². The number of aliphatic imine (C=N–C) groups is 2. The third kappa shape index (κ3) is 23.8. The number of nitrogens with zero attached hydrogens (tertiary/aromatic N) is 2. The molecule has 0 heterocycles. The zero-order valence-corrected chi connectivity index (χ0v) is 42.9. The number of amides is 8. The first-order chi connectivity index (χ1) is 37.9. The predicted molar refractivity (Wildman–Crippen MR) is 283 cm³/mol. The number of nitrogens with two attached hydrogens (primary N) is 4. The van der Waals surface area contributed by atoms with Crippen molar-refractivity contribution in [3.05, 3.63) is 107 Å². The molecule has 0 aromatic heterocycles. The van der Waals surface area contributed by atoms with Gasteiger partial charge in [-0.2, -0.15) is 0 Å². The van der Waals surface area contributed by atoms with Crippen molar-refractivity contribution in [1.82, 2.24) is 42.5 Å². The van der Waals surface area contributed by atoms with Crippen LogP contribution in [-0.2, 0) is 60.8 Å². The number of aliphatic carboxylic acids is 4. The number of benzene rings is 3. The molecule has 0 fully saturated rings. The highest BCUT2D eigenvalue weighted by Crippen LogP contribution is 2.13. The largest absolute Gasteiger partial charge is 0.481 e. The smallest absolute Gasteiger partial charge is 0.326 e. The minimum absolute atomic E-state index is 0.0377. The number of carboxylic acid groups (broad SMARTS) is 4. The first-order valence-corrected chi connectivity index (χ1v) is 24.5. The van der Waals surface area contributed by atoms with Crippen LogP contribution >= 0.6 is 0 Å². The molecule has 0 bridgehead atoms. The molecule has 30 heteroatoms. The van der Waals surface area contributed by atoms with Crippen molar-refractivity contribution in [2.45, 2.75) is 87.6 Å². The van der Waals surface area contributed by atoms with Gasteiger partial charge in [-0.25, -0.2) is 9.59 Å². The van der Waals surface area contributed by atoms with Gasteiger partial charge in [-0.05, 0) is 48.9 Å². The number of guanidine groups is 2. The van der Waals surface area contributed by atoms with Gasteiger partial charge in [0.2, 0.25) is 35.4 Å². The van der Waals surface area contributed by atoms with E-state index in [9.17, 15) is 78.0 Å². The molecule has 3 aromatic carbocycles. The minimum atomic E-state index is -1.80. The quantitative estimate of drug-likeness (QED) is 0.0153. The lowest BCUT2D eigenvalue weighted by Gasteiger charge is -2.22. The number of carboxylic acids is 4. The van der Waals surface area contributed by atoms with Gasteiger partial charge >= 0.3 is 23.9 Å². The number of hydrogen-bond donors (Lipinski definition) is 16. The van der Waals surface area contributed by atoms with Gasteiger partial charge in [0.1, 0.15) is 36.3 Å². The average molecular weight is 1120 g/mol. The molecular weight excluding hydrogens is 1050 g/mol. The molecule has 3 rings (SSSR count). The summed E-state index contributed by atoms with van der Waals surface area (Å²) in [4.78, 5) is 163. The van der Waals surface area contributed by atoms with Crippen LogP contribution in [0.4, 0.5) is 0 Å².